The third kappa shape index (κ3) is 4.74. The van der Waals surface area contributed by atoms with Crippen LogP contribution in [-0.4, -0.2) is 5.67 Å². The molecule has 0 saturated heterocycles. The fourth-order valence-electron chi connectivity index (χ4n) is 5.54. The molecule has 0 aromatic carbocycles. The molecule has 0 nitrogen and oxygen atoms in total. The SMILES string of the molecule is CCCC1CCC(CCC2CCC(C3(F)C=CCC=C3F)CC2)CC1. The Morgan fingerprint density at radius 2 is 1.40 bits per heavy atom. The first kappa shape index (κ1) is 19.1. The van der Waals surface area contributed by atoms with Crippen LogP contribution in [0.2, 0.25) is 0 Å². The molecule has 2 fully saturated rings. The van der Waals surface area contributed by atoms with E-state index < -0.39 is 11.5 Å². The molecule has 2 saturated carbocycles. The van der Waals surface area contributed by atoms with Crippen LogP contribution in [0.3, 0.4) is 0 Å². The van der Waals surface area contributed by atoms with Crippen LogP contribution >= 0.6 is 0 Å². The molecule has 3 rings (SSSR count). The highest BCUT2D eigenvalue weighted by Gasteiger charge is 2.43. The van der Waals surface area contributed by atoms with Crippen molar-refractivity contribution >= 4 is 0 Å². The van der Waals surface area contributed by atoms with Crippen molar-refractivity contribution in [2.24, 2.45) is 23.7 Å². The van der Waals surface area contributed by atoms with Crippen molar-refractivity contribution in [3.63, 3.8) is 0 Å². The highest BCUT2D eigenvalue weighted by molar-refractivity contribution is 5.27. The highest BCUT2D eigenvalue weighted by atomic mass is 19.2. The van der Waals surface area contributed by atoms with Gasteiger partial charge in [0.05, 0.1) is 0 Å². The molecule has 0 amide bonds. The summed E-state index contributed by atoms with van der Waals surface area (Å²) < 4.78 is 29.1. The van der Waals surface area contributed by atoms with Gasteiger partial charge < -0.3 is 0 Å². The standard InChI is InChI=1S/C23H36F2/c1-2-5-18-7-9-19(10-8-18)11-12-20-13-15-21(16-14-20)23(25)17-4-3-6-22(23)24/h4,6,17-21H,2-3,5,7-16H2,1H3. The molecule has 0 aromatic heterocycles. The number of allylic oxidation sites excluding steroid dienone is 4. The molecule has 0 N–H and O–H groups in total. The van der Waals surface area contributed by atoms with E-state index in [9.17, 15) is 4.39 Å². The van der Waals surface area contributed by atoms with Gasteiger partial charge in [0, 0.05) is 5.92 Å². The maximum Gasteiger partial charge on any atom is 0.182 e. The Labute approximate surface area is 153 Å². The van der Waals surface area contributed by atoms with Crippen LogP contribution in [0.25, 0.3) is 0 Å². The maximum atomic E-state index is 15.0. The van der Waals surface area contributed by atoms with Crippen LogP contribution in [0, 0.1) is 23.7 Å². The minimum atomic E-state index is -1.80. The van der Waals surface area contributed by atoms with Crippen molar-refractivity contribution in [2.75, 3.05) is 0 Å². The summed E-state index contributed by atoms with van der Waals surface area (Å²) >= 11 is 0. The zero-order valence-corrected chi connectivity index (χ0v) is 16.0. The number of hydrogen-bond acceptors (Lipinski definition) is 0. The van der Waals surface area contributed by atoms with Gasteiger partial charge in [0.15, 0.2) is 5.67 Å². The Hall–Kier alpha value is -0.660. The van der Waals surface area contributed by atoms with Crippen molar-refractivity contribution < 1.29 is 8.78 Å². The minimum absolute atomic E-state index is 0.152. The van der Waals surface area contributed by atoms with Gasteiger partial charge in [-0.05, 0) is 49.2 Å². The molecule has 0 spiro atoms. The van der Waals surface area contributed by atoms with E-state index in [0.717, 1.165) is 43.4 Å². The lowest BCUT2D eigenvalue weighted by Crippen LogP contribution is -2.36. The van der Waals surface area contributed by atoms with Crippen molar-refractivity contribution in [2.45, 2.75) is 96.1 Å². The first-order valence-electron chi connectivity index (χ1n) is 10.8. The Kier molecular flexibility index (Phi) is 6.74. The Bertz CT molecular complexity index is 464. The smallest absolute Gasteiger partial charge is 0.182 e. The second kappa shape index (κ2) is 8.82. The van der Waals surface area contributed by atoms with Gasteiger partial charge in [-0.1, -0.05) is 77.2 Å². The van der Waals surface area contributed by atoms with Gasteiger partial charge in [-0.25, -0.2) is 8.78 Å². The average Bonchev–Trinajstić information content (AvgIpc) is 2.64. The first-order valence-corrected chi connectivity index (χ1v) is 10.8. The summed E-state index contributed by atoms with van der Waals surface area (Å²) in [5, 5.41) is 0. The molecule has 2 heteroatoms. The predicted octanol–water partition coefficient (Wildman–Crippen LogP) is 7.70. The van der Waals surface area contributed by atoms with E-state index in [1.165, 1.54) is 63.5 Å². The van der Waals surface area contributed by atoms with Gasteiger partial charge in [0.2, 0.25) is 0 Å². The Morgan fingerprint density at radius 1 is 0.880 bits per heavy atom. The lowest BCUT2D eigenvalue weighted by atomic mass is 9.70. The predicted molar refractivity (Wildman–Crippen MR) is 102 cm³/mol. The normalized spacial score (nSPS) is 39.2. The van der Waals surface area contributed by atoms with Gasteiger partial charge in [-0.2, -0.15) is 0 Å². The van der Waals surface area contributed by atoms with Crippen LogP contribution in [0.1, 0.15) is 90.4 Å². The van der Waals surface area contributed by atoms with Gasteiger partial charge in [0.1, 0.15) is 5.83 Å². The van der Waals surface area contributed by atoms with E-state index in [1.807, 2.05) is 0 Å². The summed E-state index contributed by atoms with van der Waals surface area (Å²) in [6.07, 6.45) is 20.2. The van der Waals surface area contributed by atoms with Crippen LogP contribution < -0.4 is 0 Å². The van der Waals surface area contributed by atoms with Gasteiger partial charge in [0.25, 0.3) is 0 Å². The van der Waals surface area contributed by atoms with Crippen LogP contribution in [0.15, 0.2) is 24.1 Å². The van der Waals surface area contributed by atoms with E-state index in [0.29, 0.717) is 6.42 Å². The van der Waals surface area contributed by atoms with Crippen LogP contribution in [-0.2, 0) is 0 Å². The molecular formula is C23H36F2. The lowest BCUT2D eigenvalue weighted by molar-refractivity contribution is 0.0938. The molecule has 0 aromatic rings. The first-order chi connectivity index (χ1) is 12.1. The zero-order chi connectivity index (χ0) is 17.7. The van der Waals surface area contributed by atoms with Crippen molar-refractivity contribution in [1.82, 2.24) is 0 Å². The number of alkyl halides is 1. The zero-order valence-electron chi connectivity index (χ0n) is 16.0. The Balaban J connectivity index is 1.38. The summed E-state index contributed by atoms with van der Waals surface area (Å²) in [5.41, 5.74) is -1.80. The monoisotopic (exact) mass is 350 g/mol. The summed E-state index contributed by atoms with van der Waals surface area (Å²) in [5.74, 6) is 1.97. The molecule has 1 atom stereocenters. The second-order valence-corrected chi connectivity index (χ2v) is 8.93. The summed E-state index contributed by atoms with van der Waals surface area (Å²) in [6.45, 7) is 2.30. The van der Waals surface area contributed by atoms with E-state index in [4.69, 9.17) is 0 Å². The van der Waals surface area contributed by atoms with E-state index in [2.05, 4.69) is 6.92 Å². The maximum absolute atomic E-state index is 15.0. The molecular weight excluding hydrogens is 314 g/mol. The molecule has 142 valence electrons. The summed E-state index contributed by atoms with van der Waals surface area (Å²) in [7, 11) is 0. The van der Waals surface area contributed by atoms with Crippen molar-refractivity contribution in [3.8, 4) is 0 Å². The van der Waals surface area contributed by atoms with Crippen molar-refractivity contribution in [1.29, 1.82) is 0 Å². The largest absolute Gasteiger partial charge is 0.231 e. The molecule has 3 aliphatic rings. The van der Waals surface area contributed by atoms with E-state index in [1.54, 1.807) is 6.08 Å². The topological polar surface area (TPSA) is 0 Å². The van der Waals surface area contributed by atoms with Crippen LogP contribution in [0.4, 0.5) is 8.78 Å². The number of hydrogen-bond donors (Lipinski definition) is 0. The average molecular weight is 351 g/mol. The Morgan fingerprint density at radius 3 is 1.92 bits per heavy atom. The molecule has 3 aliphatic carbocycles. The summed E-state index contributed by atoms with van der Waals surface area (Å²) in [4.78, 5) is 0. The second-order valence-electron chi connectivity index (χ2n) is 8.93. The number of halogens is 2. The van der Waals surface area contributed by atoms with Gasteiger partial charge >= 0.3 is 0 Å². The van der Waals surface area contributed by atoms with Gasteiger partial charge in [-0.15, -0.1) is 0 Å². The fraction of sp³-hybridized carbons (Fsp3) is 0.826. The molecule has 0 bridgehead atoms. The third-order valence-corrected chi connectivity index (χ3v) is 7.25. The number of rotatable bonds is 6. The molecule has 0 radical (unpaired) electrons. The van der Waals surface area contributed by atoms with Crippen LogP contribution in [0.5, 0.6) is 0 Å². The molecule has 0 heterocycles. The molecule has 1 unspecified atom stereocenters. The minimum Gasteiger partial charge on any atom is -0.231 e. The summed E-state index contributed by atoms with van der Waals surface area (Å²) in [6, 6.07) is 0. The molecule has 25 heavy (non-hydrogen) atoms. The molecule has 0 aliphatic heterocycles. The fourth-order valence-corrected chi connectivity index (χ4v) is 5.54. The van der Waals surface area contributed by atoms with Crippen molar-refractivity contribution in [3.05, 3.63) is 24.1 Å². The van der Waals surface area contributed by atoms with E-state index >= 15 is 4.39 Å². The van der Waals surface area contributed by atoms with Gasteiger partial charge in [-0.3, -0.25) is 0 Å². The van der Waals surface area contributed by atoms with E-state index in [-0.39, 0.29) is 5.92 Å². The quantitative estimate of drug-likeness (QED) is 0.430. The highest BCUT2D eigenvalue weighted by Crippen LogP contribution is 2.45. The lowest BCUT2D eigenvalue weighted by Gasteiger charge is -2.37. The third-order valence-electron chi connectivity index (χ3n) is 7.25.